The van der Waals surface area contributed by atoms with Crippen LogP contribution in [0.15, 0.2) is 48.3 Å². The lowest BCUT2D eigenvalue weighted by Crippen LogP contribution is -2.36. The lowest BCUT2D eigenvalue weighted by molar-refractivity contribution is 0.0299. The summed E-state index contributed by atoms with van der Waals surface area (Å²) in [5, 5.41) is -2.96. The van der Waals surface area contributed by atoms with Crippen LogP contribution in [0.2, 0.25) is 0 Å². The molecule has 1 heterocycles. The van der Waals surface area contributed by atoms with Crippen molar-refractivity contribution in [2.24, 2.45) is 5.92 Å². The summed E-state index contributed by atoms with van der Waals surface area (Å²) < 4.78 is 30.2. The Bertz CT molecular complexity index is 969. The zero-order valence-electron chi connectivity index (χ0n) is 18.5. The first-order valence-electron chi connectivity index (χ1n) is 10.3. The lowest BCUT2D eigenvalue weighted by Gasteiger charge is -2.35. The number of rotatable bonds is 12. The van der Waals surface area contributed by atoms with Crippen molar-refractivity contribution in [3.63, 3.8) is 0 Å². The van der Waals surface area contributed by atoms with Gasteiger partial charge in [-0.2, -0.15) is 0 Å². The second kappa shape index (κ2) is 11.0. The molecule has 0 unspecified atom stereocenters. The van der Waals surface area contributed by atoms with E-state index in [-0.39, 0.29) is 12.5 Å². The Balaban J connectivity index is 2.25. The van der Waals surface area contributed by atoms with Crippen LogP contribution in [0.25, 0.3) is 11.4 Å². The van der Waals surface area contributed by atoms with E-state index in [1.807, 2.05) is 20.8 Å². The summed E-state index contributed by atoms with van der Waals surface area (Å²) in [5.74, 6) is 0.676. The van der Waals surface area contributed by atoms with Crippen molar-refractivity contribution in [3.8, 4) is 11.4 Å². The zero-order valence-corrected chi connectivity index (χ0v) is 20.3. The lowest BCUT2D eigenvalue weighted by atomic mass is 10.0. The van der Waals surface area contributed by atoms with Crippen LogP contribution in [0.1, 0.15) is 45.6 Å². The van der Waals surface area contributed by atoms with Gasteiger partial charge in [-0.1, -0.05) is 36.8 Å². The number of nitrogens with one attached hydrogen (secondary N) is 1. The number of aromatic amines is 1. The van der Waals surface area contributed by atoms with Crippen LogP contribution < -0.4 is 0 Å². The quantitative estimate of drug-likeness (QED) is 0.218. The number of aromatic nitrogens is 2. The Morgan fingerprint density at radius 2 is 1.88 bits per heavy atom. The molecule has 0 saturated carbocycles. The van der Waals surface area contributed by atoms with Crippen LogP contribution in [-0.2, 0) is 20.3 Å². The summed E-state index contributed by atoms with van der Waals surface area (Å²) in [4.78, 5) is 47.1. The van der Waals surface area contributed by atoms with Gasteiger partial charge in [-0.05, 0) is 50.7 Å². The summed E-state index contributed by atoms with van der Waals surface area (Å²) in [6.07, 6.45) is 6.72. The Hall–Kier alpha value is -1.57. The first-order valence-corrected chi connectivity index (χ1v) is 13.6. The van der Waals surface area contributed by atoms with E-state index < -0.39 is 26.7 Å². The van der Waals surface area contributed by atoms with E-state index in [9.17, 15) is 28.7 Å². The topological polar surface area (TPSA) is 153 Å². The third kappa shape index (κ3) is 6.96. The monoisotopic (exact) mass is 486 g/mol. The molecule has 0 amide bonds. The molecule has 5 N–H and O–H groups in total. The predicted molar refractivity (Wildman–Crippen MR) is 123 cm³/mol. The van der Waals surface area contributed by atoms with Crippen molar-refractivity contribution < 1.29 is 33.4 Å². The summed E-state index contributed by atoms with van der Waals surface area (Å²) >= 11 is 0. The molecule has 1 aromatic heterocycles. The average molecular weight is 486 g/mol. The van der Waals surface area contributed by atoms with Crippen LogP contribution in [0.3, 0.4) is 0 Å². The van der Waals surface area contributed by atoms with Gasteiger partial charge in [-0.3, -0.25) is 9.13 Å². The van der Waals surface area contributed by atoms with Gasteiger partial charge in [0.05, 0.1) is 0 Å². The smallest absolute Gasteiger partial charge is 0.352 e. The Labute approximate surface area is 188 Å². The molecule has 0 radical (unpaired) electrons. The number of H-pyrrole nitrogens is 1. The molecular weight excluding hydrogens is 454 g/mol. The number of imidazole rings is 1. The van der Waals surface area contributed by atoms with Gasteiger partial charge in [0.1, 0.15) is 5.82 Å². The van der Waals surface area contributed by atoms with Gasteiger partial charge >= 0.3 is 15.2 Å². The third-order valence-electron chi connectivity index (χ3n) is 5.20. The van der Waals surface area contributed by atoms with E-state index in [0.29, 0.717) is 23.4 Å². The average Bonchev–Trinajstić information content (AvgIpc) is 3.20. The highest BCUT2D eigenvalue weighted by Gasteiger charge is 2.61. The molecule has 9 nitrogen and oxygen atoms in total. The molecule has 2 aromatic rings. The van der Waals surface area contributed by atoms with E-state index in [1.165, 1.54) is 11.6 Å². The van der Waals surface area contributed by atoms with E-state index >= 15 is 0 Å². The van der Waals surface area contributed by atoms with E-state index in [0.717, 1.165) is 12.8 Å². The molecule has 0 spiro atoms. The van der Waals surface area contributed by atoms with Crippen LogP contribution >= 0.6 is 15.2 Å². The fourth-order valence-electron chi connectivity index (χ4n) is 3.34. The number of allylic oxidation sites excluding steroid dienone is 2. The van der Waals surface area contributed by atoms with Crippen LogP contribution in [0, 0.1) is 5.92 Å². The molecule has 178 valence electrons. The Morgan fingerprint density at radius 1 is 1.19 bits per heavy atom. The number of hydrogen-bond donors (Lipinski definition) is 5. The highest BCUT2D eigenvalue weighted by atomic mass is 31.2. The first-order chi connectivity index (χ1) is 14.9. The molecule has 0 aliphatic rings. The minimum Gasteiger partial charge on any atom is -0.352 e. The number of benzene rings is 1. The van der Waals surface area contributed by atoms with Gasteiger partial charge in [0.2, 0.25) is 0 Å². The Kier molecular flexibility index (Phi) is 9.20. The molecule has 0 saturated heterocycles. The molecule has 0 fully saturated rings. The fraction of sp³-hybridized carbons (Fsp3) is 0.476. The molecule has 0 aliphatic heterocycles. The molecule has 1 atom stereocenters. The second-order valence-corrected chi connectivity index (χ2v) is 12.2. The van der Waals surface area contributed by atoms with Crippen molar-refractivity contribution in [1.29, 1.82) is 0 Å². The van der Waals surface area contributed by atoms with Gasteiger partial charge in [-0.25, -0.2) is 4.98 Å². The largest absolute Gasteiger partial charge is 0.370 e. The van der Waals surface area contributed by atoms with Crippen molar-refractivity contribution in [1.82, 2.24) is 9.97 Å². The first kappa shape index (κ1) is 26.7. The van der Waals surface area contributed by atoms with Gasteiger partial charge in [0.25, 0.3) is 5.08 Å². The molecule has 0 bridgehead atoms. The van der Waals surface area contributed by atoms with E-state index in [2.05, 4.69) is 16.0 Å². The van der Waals surface area contributed by atoms with Crippen molar-refractivity contribution in [3.05, 3.63) is 53.9 Å². The van der Waals surface area contributed by atoms with Crippen LogP contribution in [0.4, 0.5) is 0 Å². The van der Waals surface area contributed by atoms with E-state index in [4.69, 9.17) is 4.74 Å². The minimum atomic E-state index is -5.38. The standard InChI is InChI=1S/C21H32N2O7P2/c1-16(2)6-4-7-17(3)10-13-30-21(31(24,25)26,32(27,28)29)15-18-8-5-9-19(14-18)20-22-11-12-23-20/h5-6,8-9,11-12,14,17H,4,7,10,13,15H2,1-3H3,(H,22,23)(H2,24,25,26)(H2,27,28,29)/t17-/m0/s1. The number of ether oxygens (including phenoxy) is 1. The zero-order chi connectivity index (χ0) is 24.0. The summed E-state index contributed by atoms with van der Waals surface area (Å²) in [6, 6.07) is 6.47. The summed E-state index contributed by atoms with van der Waals surface area (Å²) in [5.41, 5.74) is 2.13. The van der Waals surface area contributed by atoms with Gasteiger partial charge in [-0.15, -0.1) is 0 Å². The molecule has 32 heavy (non-hydrogen) atoms. The number of nitrogens with zero attached hydrogens (tertiary/aromatic N) is 1. The van der Waals surface area contributed by atoms with Gasteiger partial charge < -0.3 is 29.3 Å². The second-order valence-electron chi connectivity index (χ2n) is 8.25. The highest BCUT2D eigenvalue weighted by Crippen LogP contribution is 2.70. The Morgan fingerprint density at radius 3 is 2.44 bits per heavy atom. The van der Waals surface area contributed by atoms with Gasteiger partial charge in [0, 0.05) is 31.0 Å². The third-order valence-corrected chi connectivity index (χ3v) is 9.16. The van der Waals surface area contributed by atoms with Crippen molar-refractivity contribution >= 4 is 15.2 Å². The minimum absolute atomic E-state index is 0.152. The molecule has 2 rings (SSSR count). The van der Waals surface area contributed by atoms with Crippen molar-refractivity contribution in [2.45, 2.75) is 51.5 Å². The summed E-state index contributed by atoms with van der Waals surface area (Å²) in [7, 11) is -10.8. The maximum atomic E-state index is 12.4. The van der Waals surface area contributed by atoms with Crippen molar-refractivity contribution in [2.75, 3.05) is 6.61 Å². The molecular formula is C21H32N2O7P2. The van der Waals surface area contributed by atoms with Crippen LogP contribution in [-0.4, -0.2) is 41.2 Å². The SMILES string of the molecule is CC(C)=CCC[C@H](C)CCOC(Cc1cccc(-c2ncc[nH]2)c1)(P(=O)(O)O)P(=O)(O)O. The normalized spacial score (nSPS) is 13.7. The van der Waals surface area contributed by atoms with E-state index in [1.54, 1.807) is 30.6 Å². The molecule has 1 aromatic carbocycles. The summed E-state index contributed by atoms with van der Waals surface area (Å²) in [6.45, 7) is 5.78. The molecule has 11 heteroatoms. The maximum absolute atomic E-state index is 12.4. The van der Waals surface area contributed by atoms with Gasteiger partial charge in [0.15, 0.2) is 0 Å². The number of hydrogen-bond acceptors (Lipinski definition) is 4. The highest BCUT2D eigenvalue weighted by molar-refractivity contribution is 7.72. The maximum Gasteiger partial charge on any atom is 0.370 e. The predicted octanol–water partition coefficient (Wildman–Crippen LogP) is 4.42. The molecule has 0 aliphatic carbocycles. The van der Waals surface area contributed by atoms with Crippen LogP contribution in [0.5, 0.6) is 0 Å². The fourth-order valence-corrected chi connectivity index (χ4v) is 5.99.